The number of pyridine rings is 1. The standard InChI is InChI=1S/C21H18FN3O2/c1-13-7-8-16(11-14(13)2)24-21(27)19-12-15(9-10-23-19)20(26)25-18-6-4-3-5-17(18)22/h3-12H,1-2H3,(H,24,27)(H,25,26). The summed E-state index contributed by atoms with van der Waals surface area (Å²) in [5, 5.41) is 5.24. The molecule has 1 aromatic heterocycles. The number of hydrogen-bond acceptors (Lipinski definition) is 3. The van der Waals surface area contributed by atoms with Crippen molar-refractivity contribution in [1.82, 2.24) is 4.98 Å². The van der Waals surface area contributed by atoms with Crippen molar-refractivity contribution in [2.24, 2.45) is 0 Å². The molecule has 3 aromatic rings. The van der Waals surface area contributed by atoms with Crippen LogP contribution in [0.4, 0.5) is 15.8 Å². The summed E-state index contributed by atoms with van der Waals surface area (Å²) >= 11 is 0. The minimum Gasteiger partial charge on any atom is -0.321 e. The molecule has 3 rings (SSSR count). The van der Waals surface area contributed by atoms with Gasteiger partial charge in [0.1, 0.15) is 11.5 Å². The topological polar surface area (TPSA) is 71.1 Å². The van der Waals surface area contributed by atoms with E-state index in [-0.39, 0.29) is 16.9 Å². The summed E-state index contributed by atoms with van der Waals surface area (Å²) in [4.78, 5) is 28.8. The van der Waals surface area contributed by atoms with E-state index in [9.17, 15) is 14.0 Å². The van der Waals surface area contributed by atoms with Gasteiger partial charge in [-0.15, -0.1) is 0 Å². The maximum absolute atomic E-state index is 13.7. The molecule has 0 atom stereocenters. The molecule has 0 aliphatic heterocycles. The van der Waals surface area contributed by atoms with E-state index < -0.39 is 17.6 Å². The largest absolute Gasteiger partial charge is 0.321 e. The number of carbonyl (C=O) groups excluding carboxylic acids is 2. The van der Waals surface area contributed by atoms with Crippen LogP contribution in [0.2, 0.25) is 0 Å². The lowest BCUT2D eigenvalue weighted by molar-refractivity contribution is 0.102. The zero-order valence-electron chi connectivity index (χ0n) is 14.9. The third kappa shape index (κ3) is 4.36. The van der Waals surface area contributed by atoms with Crippen molar-refractivity contribution in [3.8, 4) is 0 Å². The molecule has 2 N–H and O–H groups in total. The van der Waals surface area contributed by atoms with Gasteiger partial charge in [-0.3, -0.25) is 14.6 Å². The van der Waals surface area contributed by atoms with Gasteiger partial charge in [0.2, 0.25) is 0 Å². The average molecular weight is 363 g/mol. The second-order valence-electron chi connectivity index (χ2n) is 6.12. The number of halogens is 1. The summed E-state index contributed by atoms with van der Waals surface area (Å²) in [6, 6.07) is 14.3. The van der Waals surface area contributed by atoms with Gasteiger partial charge in [0.25, 0.3) is 11.8 Å². The molecule has 0 fully saturated rings. The fourth-order valence-corrected chi connectivity index (χ4v) is 2.47. The number of amides is 2. The van der Waals surface area contributed by atoms with Gasteiger partial charge in [-0.05, 0) is 61.4 Å². The Morgan fingerprint density at radius 1 is 0.889 bits per heavy atom. The van der Waals surface area contributed by atoms with E-state index in [1.807, 2.05) is 26.0 Å². The molecule has 6 heteroatoms. The third-order valence-corrected chi connectivity index (χ3v) is 4.14. The van der Waals surface area contributed by atoms with Crippen molar-refractivity contribution in [3.63, 3.8) is 0 Å². The summed E-state index contributed by atoms with van der Waals surface area (Å²) in [5.74, 6) is -1.49. The molecular formula is C21H18FN3O2. The third-order valence-electron chi connectivity index (χ3n) is 4.14. The van der Waals surface area contributed by atoms with Crippen molar-refractivity contribution in [3.05, 3.63) is 89.0 Å². The van der Waals surface area contributed by atoms with Gasteiger partial charge in [-0.1, -0.05) is 18.2 Å². The number of rotatable bonds is 4. The molecule has 2 aromatic carbocycles. The maximum atomic E-state index is 13.7. The summed E-state index contributed by atoms with van der Waals surface area (Å²) in [7, 11) is 0. The summed E-state index contributed by atoms with van der Waals surface area (Å²) in [5.41, 5.74) is 3.19. The highest BCUT2D eigenvalue weighted by molar-refractivity contribution is 6.07. The highest BCUT2D eigenvalue weighted by atomic mass is 19.1. The zero-order valence-corrected chi connectivity index (χ0v) is 14.9. The van der Waals surface area contributed by atoms with Crippen LogP contribution in [0.1, 0.15) is 32.0 Å². The van der Waals surface area contributed by atoms with Gasteiger partial charge in [-0.2, -0.15) is 0 Å². The molecule has 0 saturated heterocycles. The van der Waals surface area contributed by atoms with E-state index in [2.05, 4.69) is 15.6 Å². The lowest BCUT2D eigenvalue weighted by Crippen LogP contribution is -2.17. The Morgan fingerprint density at radius 3 is 2.41 bits per heavy atom. The maximum Gasteiger partial charge on any atom is 0.274 e. The first-order valence-corrected chi connectivity index (χ1v) is 8.34. The van der Waals surface area contributed by atoms with Crippen molar-refractivity contribution in [1.29, 1.82) is 0 Å². The van der Waals surface area contributed by atoms with E-state index in [1.54, 1.807) is 12.1 Å². The molecule has 0 aliphatic rings. The Labute approximate surface area is 156 Å². The van der Waals surface area contributed by atoms with Crippen molar-refractivity contribution < 1.29 is 14.0 Å². The summed E-state index contributed by atoms with van der Waals surface area (Å²) in [6.07, 6.45) is 1.37. The number of hydrogen-bond donors (Lipinski definition) is 2. The molecule has 0 saturated carbocycles. The number of nitrogens with one attached hydrogen (secondary N) is 2. The highest BCUT2D eigenvalue weighted by Gasteiger charge is 2.14. The highest BCUT2D eigenvalue weighted by Crippen LogP contribution is 2.16. The van der Waals surface area contributed by atoms with Crippen LogP contribution < -0.4 is 10.6 Å². The second kappa shape index (κ2) is 7.78. The van der Waals surface area contributed by atoms with Gasteiger partial charge in [0.15, 0.2) is 0 Å². The van der Waals surface area contributed by atoms with E-state index in [0.29, 0.717) is 5.69 Å². The molecule has 2 amide bonds. The van der Waals surface area contributed by atoms with Crippen molar-refractivity contribution >= 4 is 23.2 Å². The van der Waals surface area contributed by atoms with Gasteiger partial charge in [0, 0.05) is 17.4 Å². The minimum absolute atomic E-state index is 0.0699. The van der Waals surface area contributed by atoms with Gasteiger partial charge in [0.05, 0.1) is 5.69 Å². The van der Waals surface area contributed by atoms with E-state index in [4.69, 9.17) is 0 Å². The fourth-order valence-electron chi connectivity index (χ4n) is 2.47. The van der Waals surface area contributed by atoms with Gasteiger partial charge in [-0.25, -0.2) is 4.39 Å². The zero-order chi connectivity index (χ0) is 19.4. The van der Waals surface area contributed by atoms with Crippen LogP contribution in [0.15, 0.2) is 60.8 Å². The summed E-state index contributed by atoms with van der Waals surface area (Å²) in [6.45, 7) is 3.94. The van der Waals surface area contributed by atoms with Crippen LogP contribution in [0.3, 0.4) is 0 Å². The van der Waals surface area contributed by atoms with E-state index in [0.717, 1.165) is 11.1 Å². The van der Waals surface area contributed by atoms with Crippen LogP contribution in [0, 0.1) is 19.7 Å². The molecule has 0 aliphatic carbocycles. The first-order chi connectivity index (χ1) is 12.9. The molecule has 1 heterocycles. The Morgan fingerprint density at radius 2 is 1.67 bits per heavy atom. The predicted octanol–water partition coefficient (Wildman–Crippen LogP) is 4.34. The number of aryl methyl sites for hydroxylation is 2. The average Bonchev–Trinajstić information content (AvgIpc) is 2.66. The smallest absolute Gasteiger partial charge is 0.274 e. The summed E-state index contributed by atoms with van der Waals surface area (Å²) < 4.78 is 13.7. The lowest BCUT2D eigenvalue weighted by atomic mass is 10.1. The first-order valence-electron chi connectivity index (χ1n) is 8.34. The van der Waals surface area contributed by atoms with Crippen LogP contribution in [0.25, 0.3) is 0 Å². The molecular weight excluding hydrogens is 345 g/mol. The quantitative estimate of drug-likeness (QED) is 0.724. The number of para-hydroxylation sites is 1. The fraction of sp³-hybridized carbons (Fsp3) is 0.0952. The molecule has 5 nitrogen and oxygen atoms in total. The van der Waals surface area contributed by atoms with Crippen LogP contribution in [-0.2, 0) is 0 Å². The van der Waals surface area contributed by atoms with Crippen molar-refractivity contribution in [2.45, 2.75) is 13.8 Å². The Balaban J connectivity index is 1.76. The monoisotopic (exact) mass is 363 g/mol. The molecule has 136 valence electrons. The lowest BCUT2D eigenvalue weighted by Gasteiger charge is -2.09. The Hall–Kier alpha value is -3.54. The number of aromatic nitrogens is 1. The Kier molecular flexibility index (Phi) is 5.26. The molecule has 27 heavy (non-hydrogen) atoms. The van der Waals surface area contributed by atoms with Gasteiger partial charge >= 0.3 is 0 Å². The van der Waals surface area contributed by atoms with Gasteiger partial charge < -0.3 is 10.6 Å². The van der Waals surface area contributed by atoms with Crippen LogP contribution in [0.5, 0.6) is 0 Å². The minimum atomic E-state index is -0.535. The number of nitrogens with zero attached hydrogens (tertiary/aromatic N) is 1. The SMILES string of the molecule is Cc1ccc(NC(=O)c2cc(C(=O)Nc3ccccc3F)ccn2)cc1C. The first kappa shape index (κ1) is 18.3. The number of anilines is 2. The molecule has 0 unspecified atom stereocenters. The molecule has 0 bridgehead atoms. The van der Waals surface area contributed by atoms with Crippen molar-refractivity contribution in [2.75, 3.05) is 10.6 Å². The van der Waals surface area contributed by atoms with Crippen LogP contribution >= 0.6 is 0 Å². The van der Waals surface area contributed by atoms with Crippen LogP contribution in [-0.4, -0.2) is 16.8 Å². The Bertz CT molecular complexity index is 1020. The number of benzene rings is 2. The molecule has 0 spiro atoms. The second-order valence-corrected chi connectivity index (χ2v) is 6.12. The van der Waals surface area contributed by atoms with E-state index in [1.165, 1.54) is 36.5 Å². The van der Waals surface area contributed by atoms with E-state index >= 15 is 0 Å². The normalized spacial score (nSPS) is 10.3. The number of carbonyl (C=O) groups is 2. The predicted molar refractivity (Wildman–Crippen MR) is 102 cm³/mol. The molecule has 0 radical (unpaired) electrons.